The van der Waals surface area contributed by atoms with Crippen molar-refractivity contribution < 1.29 is 9.72 Å². The Morgan fingerprint density at radius 3 is 2.30 bits per heavy atom. The molecule has 0 heterocycles. The summed E-state index contributed by atoms with van der Waals surface area (Å²) in [6.07, 6.45) is 2.45. The van der Waals surface area contributed by atoms with Crippen LogP contribution in [-0.2, 0) is 4.79 Å². The predicted molar refractivity (Wildman–Crippen MR) is 109 cm³/mol. The molecular weight excluding hydrogens is 358 g/mol. The summed E-state index contributed by atoms with van der Waals surface area (Å²) >= 11 is 1.19. The van der Waals surface area contributed by atoms with Gasteiger partial charge >= 0.3 is 0 Å². The molecule has 0 amide bonds. The van der Waals surface area contributed by atoms with Gasteiger partial charge in [0.1, 0.15) is 0 Å². The zero-order chi connectivity index (χ0) is 19.6. The molecule has 2 aromatic carbocycles. The van der Waals surface area contributed by atoms with Gasteiger partial charge in [-0.1, -0.05) is 61.5 Å². The maximum absolute atomic E-state index is 13.2. The topological polar surface area (TPSA) is 60.2 Å². The van der Waals surface area contributed by atoms with Crippen LogP contribution in [0.15, 0.2) is 65.1 Å². The number of nitro groups is 1. The minimum Gasteiger partial charge on any atom is -0.282 e. The fraction of sp³-hybridized carbons (Fsp3) is 0.318. The van der Waals surface area contributed by atoms with Crippen LogP contribution in [0.4, 0.5) is 0 Å². The average Bonchev–Trinajstić information content (AvgIpc) is 2.64. The van der Waals surface area contributed by atoms with Gasteiger partial charge in [-0.3, -0.25) is 14.9 Å². The maximum atomic E-state index is 13.2. The minimum absolute atomic E-state index is 0.0972. The number of thioether (sulfide) groups is 1. The van der Waals surface area contributed by atoms with Crippen LogP contribution in [0.1, 0.15) is 36.0 Å². The van der Waals surface area contributed by atoms with Gasteiger partial charge in [0, 0.05) is 21.3 Å². The molecule has 0 bridgehead atoms. The molecule has 3 rings (SSSR count). The Morgan fingerprint density at radius 2 is 1.70 bits per heavy atom. The van der Waals surface area contributed by atoms with E-state index in [0.29, 0.717) is 12.0 Å². The highest BCUT2D eigenvalue weighted by molar-refractivity contribution is 8.14. The summed E-state index contributed by atoms with van der Waals surface area (Å²) in [6.45, 7) is 5.85. The number of aryl methyl sites for hydroxylation is 2. The molecule has 0 N–H and O–H groups in total. The van der Waals surface area contributed by atoms with Gasteiger partial charge < -0.3 is 0 Å². The molecule has 0 aromatic heterocycles. The normalized spacial score (nSPS) is 22.2. The predicted octanol–water partition coefficient (Wildman–Crippen LogP) is 5.32. The molecule has 5 heteroatoms. The van der Waals surface area contributed by atoms with Gasteiger partial charge in [0.25, 0.3) is 0 Å². The summed E-state index contributed by atoms with van der Waals surface area (Å²) in [4.78, 5) is 25.8. The lowest BCUT2D eigenvalue weighted by Crippen LogP contribution is -2.38. The van der Waals surface area contributed by atoms with Crippen molar-refractivity contribution >= 4 is 16.9 Å². The van der Waals surface area contributed by atoms with Gasteiger partial charge in [-0.15, -0.1) is 0 Å². The average molecular weight is 381 g/mol. The highest BCUT2D eigenvalue weighted by atomic mass is 32.2. The first-order chi connectivity index (χ1) is 12.9. The molecule has 0 aliphatic heterocycles. The van der Waals surface area contributed by atoms with Crippen molar-refractivity contribution in [1.29, 1.82) is 0 Å². The Kier molecular flexibility index (Phi) is 5.80. The summed E-state index contributed by atoms with van der Waals surface area (Å²) < 4.78 is 0. The van der Waals surface area contributed by atoms with Gasteiger partial charge in [-0.05, 0) is 48.7 Å². The Bertz CT molecular complexity index is 871. The SMILES string of the molecule is Cc1cccc(C)c1SC(=O)C1=CC[C@@H](C)[C@@H]([N+](=O)[O-])[C@@H]1c1ccccc1. The van der Waals surface area contributed by atoms with E-state index >= 15 is 0 Å². The fourth-order valence-electron chi connectivity index (χ4n) is 3.78. The van der Waals surface area contributed by atoms with Crippen LogP contribution >= 0.6 is 11.8 Å². The van der Waals surface area contributed by atoms with Crippen molar-refractivity contribution in [1.82, 2.24) is 0 Å². The lowest BCUT2D eigenvalue weighted by atomic mass is 9.74. The fourth-order valence-corrected chi connectivity index (χ4v) is 4.75. The molecule has 0 unspecified atom stereocenters. The molecule has 2 aromatic rings. The third kappa shape index (κ3) is 3.98. The van der Waals surface area contributed by atoms with E-state index in [1.54, 1.807) is 0 Å². The lowest BCUT2D eigenvalue weighted by molar-refractivity contribution is -0.534. The second-order valence-electron chi connectivity index (χ2n) is 7.15. The summed E-state index contributed by atoms with van der Waals surface area (Å²) in [7, 11) is 0. The highest BCUT2D eigenvalue weighted by Crippen LogP contribution is 2.42. The van der Waals surface area contributed by atoms with Crippen molar-refractivity contribution in [3.63, 3.8) is 0 Å². The van der Waals surface area contributed by atoms with E-state index in [2.05, 4.69) is 0 Å². The Morgan fingerprint density at radius 1 is 1.07 bits per heavy atom. The highest BCUT2D eigenvalue weighted by Gasteiger charge is 2.44. The molecule has 3 atom stereocenters. The minimum atomic E-state index is -0.796. The van der Waals surface area contributed by atoms with Gasteiger partial charge in [-0.2, -0.15) is 0 Å². The Hall–Kier alpha value is -2.40. The van der Waals surface area contributed by atoms with Crippen LogP contribution in [0.2, 0.25) is 0 Å². The zero-order valence-electron chi connectivity index (χ0n) is 15.7. The van der Waals surface area contributed by atoms with Gasteiger partial charge in [0.2, 0.25) is 11.2 Å². The van der Waals surface area contributed by atoms with E-state index < -0.39 is 12.0 Å². The van der Waals surface area contributed by atoms with Crippen molar-refractivity contribution in [3.8, 4) is 0 Å². The van der Waals surface area contributed by atoms with E-state index in [4.69, 9.17) is 0 Å². The summed E-state index contributed by atoms with van der Waals surface area (Å²) in [6, 6.07) is 14.5. The van der Waals surface area contributed by atoms with E-state index in [1.807, 2.05) is 75.4 Å². The molecule has 1 aliphatic rings. The standard InChI is InChI=1S/C22H23NO3S/c1-14-12-13-18(22(24)27-21-15(2)8-7-9-16(21)3)19(20(14)23(25)26)17-10-5-4-6-11-17/h4-11,13-14,19-20H,12H2,1-3H3/t14-,19-,20-/m1/s1. The number of carbonyl (C=O) groups is 1. The second kappa shape index (κ2) is 8.09. The van der Waals surface area contributed by atoms with Crippen LogP contribution in [-0.4, -0.2) is 16.1 Å². The smallest absolute Gasteiger partial charge is 0.226 e. The molecule has 0 radical (unpaired) electrons. The van der Waals surface area contributed by atoms with Crippen molar-refractivity contribution in [2.45, 2.75) is 44.0 Å². The zero-order valence-corrected chi connectivity index (χ0v) is 16.5. The third-order valence-electron chi connectivity index (χ3n) is 5.21. The van der Waals surface area contributed by atoms with Crippen LogP contribution in [0.3, 0.4) is 0 Å². The van der Waals surface area contributed by atoms with Crippen LogP contribution < -0.4 is 0 Å². The largest absolute Gasteiger partial charge is 0.282 e. The van der Waals surface area contributed by atoms with Gasteiger partial charge in [0.05, 0.1) is 5.92 Å². The number of hydrogen-bond donors (Lipinski definition) is 0. The van der Waals surface area contributed by atoms with E-state index in [-0.39, 0.29) is 16.0 Å². The monoisotopic (exact) mass is 381 g/mol. The molecule has 0 spiro atoms. The molecule has 0 fully saturated rings. The molecule has 0 saturated carbocycles. The first-order valence-corrected chi connectivity index (χ1v) is 9.88. The molecule has 0 saturated heterocycles. The first-order valence-electron chi connectivity index (χ1n) is 9.07. The van der Waals surface area contributed by atoms with Crippen LogP contribution in [0, 0.1) is 29.9 Å². The van der Waals surface area contributed by atoms with Crippen molar-refractivity contribution in [2.24, 2.45) is 5.92 Å². The van der Waals surface area contributed by atoms with Crippen LogP contribution in [0.25, 0.3) is 0 Å². The molecule has 27 heavy (non-hydrogen) atoms. The second-order valence-corrected chi connectivity index (χ2v) is 8.13. The maximum Gasteiger partial charge on any atom is 0.226 e. The molecular formula is C22H23NO3S. The van der Waals surface area contributed by atoms with Gasteiger partial charge in [-0.25, -0.2) is 0 Å². The summed E-state index contributed by atoms with van der Waals surface area (Å²) in [5.41, 5.74) is 3.46. The van der Waals surface area contributed by atoms with Gasteiger partial charge in [0.15, 0.2) is 0 Å². The van der Waals surface area contributed by atoms with Crippen molar-refractivity contribution in [2.75, 3.05) is 0 Å². The molecule has 4 nitrogen and oxygen atoms in total. The number of hydrogen-bond acceptors (Lipinski definition) is 4. The molecule has 1 aliphatic carbocycles. The Labute approximate surface area is 163 Å². The van der Waals surface area contributed by atoms with E-state index in [1.165, 1.54) is 11.8 Å². The quantitative estimate of drug-likeness (QED) is 0.409. The first kappa shape index (κ1) is 19.4. The number of nitrogens with zero attached hydrogens (tertiary/aromatic N) is 1. The van der Waals surface area contributed by atoms with E-state index in [9.17, 15) is 14.9 Å². The lowest BCUT2D eigenvalue weighted by Gasteiger charge is -2.31. The summed E-state index contributed by atoms with van der Waals surface area (Å²) in [5.74, 6) is -0.638. The number of allylic oxidation sites excluding steroid dienone is 1. The molecule has 140 valence electrons. The van der Waals surface area contributed by atoms with Crippen molar-refractivity contribution in [3.05, 3.63) is 87.0 Å². The van der Waals surface area contributed by atoms with E-state index in [0.717, 1.165) is 21.6 Å². The number of benzene rings is 2. The Balaban J connectivity index is 2.01. The summed E-state index contributed by atoms with van der Waals surface area (Å²) in [5, 5.41) is 11.7. The number of rotatable bonds is 4. The number of carbonyl (C=O) groups excluding carboxylic acids is 1. The third-order valence-corrected chi connectivity index (χ3v) is 6.48. The van der Waals surface area contributed by atoms with Crippen LogP contribution in [0.5, 0.6) is 0 Å².